The van der Waals surface area contributed by atoms with Crippen LogP contribution in [0, 0.1) is 11.6 Å². The molecule has 0 atom stereocenters. The van der Waals surface area contributed by atoms with Gasteiger partial charge in [0.05, 0.1) is 11.3 Å². The number of carbonyl (C=O) groups is 2. The standard InChI is InChI=1S/C27H28F2N4O3/c1-36-14-4-12-30-26(34)22-16-21(31-27(35)32-24-9-7-20(28)15-23(24)29)8-10-25(22)33-13-11-18-5-2-3-6-19(18)17-33/h2-3,5-10,15-16H,4,11-14,17H2,1H3,(H,30,34)(H2,31,32,35). The first-order valence-electron chi connectivity index (χ1n) is 11.7. The maximum absolute atomic E-state index is 13.9. The molecule has 1 aliphatic heterocycles. The van der Waals surface area contributed by atoms with Gasteiger partial charge in [-0.3, -0.25) is 4.79 Å². The van der Waals surface area contributed by atoms with Crippen molar-refractivity contribution in [3.05, 3.63) is 89.0 Å². The fraction of sp³-hybridized carbons (Fsp3) is 0.259. The SMILES string of the molecule is COCCCNC(=O)c1cc(NC(=O)Nc2ccc(F)cc2F)ccc1N1CCc2ccccc2C1. The Morgan fingerprint density at radius 3 is 2.58 bits per heavy atom. The number of benzene rings is 3. The van der Waals surface area contributed by atoms with E-state index in [-0.39, 0.29) is 11.6 Å². The summed E-state index contributed by atoms with van der Waals surface area (Å²) in [5.41, 5.74) is 3.87. The number of nitrogens with one attached hydrogen (secondary N) is 3. The summed E-state index contributed by atoms with van der Waals surface area (Å²) in [6.07, 6.45) is 1.52. The number of nitrogens with zero attached hydrogens (tertiary/aromatic N) is 1. The number of hydrogen-bond acceptors (Lipinski definition) is 4. The van der Waals surface area contributed by atoms with Crippen molar-refractivity contribution in [3.8, 4) is 0 Å². The first kappa shape index (κ1) is 25.1. The van der Waals surface area contributed by atoms with Crippen molar-refractivity contribution in [2.24, 2.45) is 0 Å². The lowest BCUT2D eigenvalue weighted by molar-refractivity contribution is 0.0949. The highest BCUT2D eigenvalue weighted by molar-refractivity contribution is 6.04. The Kier molecular flexibility index (Phi) is 8.12. The number of urea groups is 1. The van der Waals surface area contributed by atoms with Gasteiger partial charge in [0.2, 0.25) is 0 Å². The second-order valence-corrected chi connectivity index (χ2v) is 8.48. The van der Waals surface area contributed by atoms with Gasteiger partial charge in [0.1, 0.15) is 11.6 Å². The van der Waals surface area contributed by atoms with Gasteiger partial charge in [-0.1, -0.05) is 24.3 Å². The molecule has 3 amide bonds. The molecule has 3 aromatic rings. The maximum atomic E-state index is 13.9. The van der Waals surface area contributed by atoms with Crippen LogP contribution in [0.1, 0.15) is 27.9 Å². The second-order valence-electron chi connectivity index (χ2n) is 8.48. The summed E-state index contributed by atoms with van der Waals surface area (Å²) in [5, 5.41) is 7.88. The van der Waals surface area contributed by atoms with Crippen LogP contribution in [0.3, 0.4) is 0 Å². The van der Waals surface area contributed by atoms with Crippen molar-refractivity contribution >= 4 is 29.0 Å². The van der Waals surface area contributed by atoms with Crippen LogP contribution in [0.5, 0.6) is 0 Å². The van der Waals surface area contributed by atoms with Crippen LogP contribution >= 0.6 is 0 Å². The van der Waals surface area contributed by atoms with Gasteiger partial charge >= 0.3 is 6.03 Å². The summed E-state index contributed by atoms with van der Waals surface area (Å²) >= 11 is 0. The number of amides is 3. The highest BCUT2D eigenvalue weighted by atomic mass is 19.1. The van der Waals surface area contributed by atoms with Crippen LogP contribution in [0.2, 0.25) is 0 Å². The van der Waals surface area contributed by atoms with Gasteiger partial charge in [-0.25, -0.2) is 13.6 Å². The fourth-order valence-electron chi connectivity index (χ4n) is 4.16. The van der Waals surface area contributed by atoms with Crippen LogP contribution in [0.25, 0.3) is 0 Å². The van der Waals surface area contributed by atoms with Crippen molar-refractivity contribution in [1.82, 2.24) is 5.32 Å². The summed E-state index contributed by atoms with van der Waals surface area (Å²) in [7, 11) is 1.60. The van der Waals surface area contributed by atoms with E-state index >= 15 is 0 Å². The Labute approximate surface area is 208 Å². The maximum Gasteiger partial charge on any atom is 0.323 e. The van der Waals surface area contributed by atoms with Gasteiger partial charge in [-0.2, -0.15) is 0 Å². The number of hydrogen-bond donors (Lipinski definition) is 3. The quantitative estimate of drug-likeness (QED) is 0.388. The molecule has 0 spiro atoms. The molecule has 0 bridgehead atoms. The molecule has 36 heavy (non-hydrogen) atoms. The Morgan fingerprint density at radius 1 is 1.00 bits per heavy atom. The van der Waals surface area contributed by atoms with Gasteiger partial charge in [0.15, 0.2) is 0 Å². The lowest BCUT2D eigenvalue weighted by Gasteiger charge is -2.32. The molecule has 0 unspecified atom stereocenters. The van der Waals surface area contributed by atoms with Crippen molar-refractivity contribution in [2.75, 3.05) is 42.3 Å². The predicted molar refractivity (Wildman–Crippen MR) is 135 cm³/mol. The molecule has 0 saturated carbocycles. The molecule has 0 fully saturated rings. The highest BCUT2D eigenvalue weighted by Gasteiger charge is 2.22. The lowest BCUT2D eigenvalue weighted by atomic mass is 9.98. The smallest absolute Gasteiger partial charge is 0.323 e. The second kappa shape index (κ2) is 11.6. The van der Waals surface area contributed by atoms with Gasteiger partial charge in [0, 0.05) is 50.8 Å². The van der Waals surface area contributed by atoms with Gasteiger partial charge in [0.25, 0.3) is 5.91 Å². The van der Waals surface area contributed by atoms with Crippen molar-refractivity contribution in [1.29, 1.82) is 0 Å². The monoisotopic (exact) mass is 494 g/mol. The highest BCUT2D eigenvalue weighted by Crippen LogP contribution is 2.30. The molecule has 0 aromatic heterocycles. The van der Waals surface area contributed by atoms with Crippen molar-refractivity contribution in [2.45, 2.75) is 19.4 Å². The number of rotatable bonds is 8. The van der Waals surface area contributed by atoms with Crippen LogP contribution in [0.4, 0.5) is 30.6 Å². The third-order valence-electron chi connectivity index (χ3n) is 5.96. The number of methoxy groups -OCH3 is 1. The first-order chi connectivity index (χ1) is 17.4. The van der Waals surface area contributed by atoms with E-state index in [4.69, 9.17) is 4.74 Å². The number of anilines is 3. The average Bonchev–Trinajstić information content (AvgIpc) is 2.88. The Morgan fingerprint density at radius 2 is 1.81 bits per heavy atom. The van der Waals surface area contributed by atoms with Crippen molar-refractivity contribution in [3.63, 3.8) is 0 Å². The average molecular weight is 495 g/mol. The molecule has 1 aliphatic rings. The normalized spacial score (nSPS) is 12.6. The van der Waals surface area contributed by atoms with E-state index < -0.39 is 17.7 Å². The fourth-order valence-corrected chi connectivity index (χ4v) is 4.16. The summed E-state index contributed by atoms with van der Waals surface area (Å²) in [4.78, 5) is 27.7. The summed E-state index contributed by atoms with van der Waals surface area (Å²) < 4.78 is 32.1. The minimum Gasteiger partial charge on any atom is -0.385 e. The molecule has 0 aliphatic carbocycles. The molecule has 0 radical (unpaired) electrons. The molecule has 3 N–H and O–H groups in total. The van der Waals surface area contributed by atoms with Gasteiger partial charge < -0.3 is 25.6 Å². The number of halogens is 2. The predicted octanol–water partition coefficient (Wildman–Crippen LogP) is 4.94. The van der Waals surface area contributed by atoms with E-state index in [1.54, 1.807) is 25.3 Å². The third kappa shape index (κ3) is 6.17. The van der Waals surface area contributed by atoms with Gasteiger partial charge in [-0.05, 0) is 54.3 Å². The van der Waals surface area contributed by atoms with Crippen LogP contribution in [-0.2, 0) is 17.7 Å². The Balaban J connectivity index is 1.54. The molecular formula is C27H28F2N4O3. The van der Waals surface area contributed by atoms with Crippen molar-refractivity contribution < 1.29 is 23.1 Å². The Bertz CT molecular complexity index is 1250. The zero-order chi connectivity index (χ0) is 25.5. The molecule has 188 valence electrons. The molecule has 0 saturated heterocycles. The lowest BCUT2D eigenvalue weighted by Crippen LogP contribution is -2.33. The minimum atomic E-state index is -0.887. The van der Waals surface area contributed by atoms with E-state index in [0.29, 0.717) is 43.4 Å². The number of carbonyl (C=O) groups excluding carboxylic acids is 2. The summed E-state index contributed by atoms with van der Waals surface area (Å²) in [6.45, 7) is 2.38. The molecule has 1 heterocycles. The molecule has 4 rings (SSSR count). The third-order valence-corrected chi connectivity index (χ3v) is 5.96. The zero-order valence-electron chi connectivity index (χ0n) is 19.9. The van der Waals surface area contributed by atoms with Crippen LogP contribution < -0.4 is 20.9 Å². The van der Waals surface area contributed by atoms with Gasteiger partial charge in [-0.15, -0.1) is 0 Å². The van der Waals surface area contributed by atoms with Crippen LogP contribution in [0.15, 0.2) is 60.7 Å². The summed E-state index contributed by atoms with van der Waals surface area (Å²) in [6, 6.07) is 15.5. The number of ether oxygens (including phenoxy) is 1. The zero-order valence-corrected chi connectivity index (χ0v) is 19.9. The van der Waals surface area contributed by atoms with E-state index in [1.807, 2.05) is 12.1 Å². The van der Waals surface area contributed by atoms with E-state index in [1.165, 1.54) is 11.1 Å². The van der Waals surface area contributed by atoms with Crippen LogP contribution in [-0.4, -0.2) is 38.7 Å². The minimum absolute atomic E-state index is 0.159. The molecule has 3 aromatic carbocycles. The Hall–Kier alpha value is -3.98. The summed E-state index contributed by atoms with van der Waals surface area (Å²) in [5.74, 6) is -1.90. The van der Waals surface area contributed by atoms with E-state index in [0.717, 1.165) is 30.8 Å². The van der Waals surface area contributed by atoms with E-state index in [2.05, 4.69) is 33.0 Å². The number of fused-ring (bicyclic) bond motifs is 1. The van der Waals surface area contributed by atoms with E-state index in [9.17, 15) is 18.4 Å². The first-order valence-corrected chi connectivity index (χ1v) is 11.7. The molecule has 9 heteroatoms. The topological polar surface area (TPSA) is 82.7 Å². The molecule has 7 nitrogen and oxygen atoms in total. The largest absolute Gasteiger partial charge is 0.385 e. The molecular weight excluding hydrogens is 466 g/mol.